The molecule has 1 aromatic carbocycles. The second-order valence-electron chi connectivity index (χ2n) is 7.20. The van der Waals surface area contributed by atoms with Gasteiger partial charge in [0, 0.05) is 29.8 Å². The van der Waals surface area contributed by atoms with Crippen LogP contribution in [0, 0.1) is 6.92 Å². The third-order valence-corrected chi connectivity index (χ3v) is 5.78. The van der Waals surface area contributed by atoms with Crippen molar-refractivity contribution < 1.29 is 13.9 Å². The highest BCUT2D eigenvalue weighted by Gasteiger charge is 2.16. The average molecular weight is 486 g/mol. The summed E-state index contributed by atoms with van der Waals surface area (Å²) >= 11 is 1.64. The van der Waals surface area contributed by atoms with Crippen molar-refractivity contribution >= 4 is 17.2 Å². The zero-order chi connectivity index (χ0) is 24.9. The number of nitrogens with zero attached hydrogens (tertiary/aromatic N) is 2. The fourth-order valence-electron chi connectivity index (χ4n) is 3.41. The largest absolute Gasteiger partial charge is 0.494 e. The molecule has 0 fully saturated rings. The molecule has 2 heterocycles. The first-order chi connectivity index (χ1) is 16.6. The lowest BCUT2D eigenvalue weighted by molar-refractivity contribution is 0.227. The van der Waals surface area contributed by atoms with E-state index < -0.39 is 6.67 Å². The number of halogens is 1. The van der Waals surface area contributed by atoms with E-state index in [4.69, 9.17) is 14.6 Å². The number of allylic oxidation sites excluding steroid dienone is 2. The molecule has 0 saturated carbocycles. The normalized spacial score (nSPS) is 11.7. The lowest BCUT2D eigenvalue weighted by atomic mass is 10.1. The van der Waals surface area contributed by atoms with E-state index in [1.54, 1.807) is 24.5 Å². The standard InChI is InChI=1S/C25H30FN3O2S.C2H6/c1-5-22(20(15-30-4)10-8-12-26)27-25-14-23(19-9-7-11-21(13-19)31-6-2)28-29(25)24-17-32-16-18(24)3;1-2/h7-11,13-14,16-17,27H,5-6,12,15H2,1-4H3;1-2H3/b10-8-,22-20-;. The summed E-state index contributed by atoms with van der Waals surface area (Å²) in [5.74, 6) is 1.65. The van der Waals surface area contributed by atoms with Crippen LogP contribution in [0.4, 0.5) is 10.2 Å². The van der Waals surface area contributed by atoms with E-state index >= 15 is 0 Å². The molecule has 0 atom stereocenters. The summed E-state index contributed by atoms with van der Waals surface area (Å²) in [6, 6.07) is 9.96. The molecule has 34 heavy (non-hydrogen) atoms. The van der Waals surface area contributed by atoms with Crippen LogP contribution >= 0.6 is 11.3 Å². The Hall–Kier alpha value is -2.90. The highest BCUT2D eigenvalue weighted by atomic mass is 32.1. The summed E-state index contributed by atoms with van der Waals surface area (Å²) in [6.07, 6.45) is 4.01. The lowest BCUT2D eigenvalue weighted by Crippen LogP contribution is -2.10. The van der Waals surface area contributed by atoms with Crippen LogP contribution in [0.2, 0.25) is 0 Å². The predicted molar refractivity (Wildman–Crippen MR) is 142 cm³/mol. The number of aryl methyl sites for hydroxylation is 1. The van der Waals surface area contributed by atoms with Gasteiger partial charge in [-0.3, -0.25) is 0 Å². The van der Waals surface area contributed by atoms with E-state index in [0.29, 0.717) is 13.2 Å². The number of ether oxygens (including phenoxy) is 2. The van der Waals surface area contributed by atoms with Crippen LogP contribution in [0.15, 0.2) is 64.5 Å². The maximum Gasteiger partial charge on any atom is 0.134 e. The van der Waals surface area contributed by atoms with Crippen LogP contribution in [0.25, 0.3) is 16.9 Å². The summed E-state index contributed by atoms with van der Waals surface area (Å²) in [7, 11) is 1.64. The van der Waals surface area contributed by atoms with Crippen molar-refractivity contribution in [3.63, 3.8) is 0 Å². The van der Waals surface area contributed by atoms with Crippen molar-refractivity contribution in [3.05, 3.63) is 70.1 Å². The molecule has 3 aromatic rings. The number of aromatic nitrogens is 2. The monoisotopic (exact) mass is 485 g/mol. The van der Waals surface area contributed by atoms with Gasteiger partial charge in [0.1, 0.15) is 18.2 Å². The van der Waals surface area contributed by atoms with Gasteiger partial charge in [0.25, 0.3) is 0 Å². The predicted octanol–water partition coefficient (Wildman–Crippen LogP) is 7.58. The Morgan fingerprint density at radius 2 is 2.00 bits per heavy atom. The zero-order valence-corrected chi connectivity index (χ0v) is 21.8. The average Bonchev–Trinajstić information content (AvgIpc) is 3.47. The molecule has 0 spiro atoms. The van der Waals surface area contributed by atoms with Crippen LogP contribution in [0.5, 0.6) is 5.75 Å². The third kappa shape index (κ3) is 7.05. The molecule has 0 amide bonds. The van der Waals surface area contributed by atoms with Gasteiger partial charge >= 0.3 is 0 Å². The van der Waals surface area contributed by atoms with Gasteiger partial charge in [-0.2, -0.15) is 5.10 Å². The number of anilines is 1. The minimum absolute atomic E-state index is 0.390. The van der Waals surface area contributed by atoms with Gasteiger partial charge in [-0.1, -0.05) is 45.1 Å². The summed E-state index contributed by atoms with van der Waals surface area (Å²) in [6.45, 7) is 10.6. The van der Waals surface area contributed by atoms with Crippen molar-refractivity contribution in [2.45, 2.75) is 41.0 Å². The van der Waals surface area contributed by atoms with Crippen LogP contribution in [-0.2, 0) is 4.74 Å². The Morgan fingerprint density at radius 3 is 2.62 bits per heavy atom. The van der Waals surface area contributed by atoms with Crippen molar-refractivity contribution in [2.75, 3.05) is 32.3 Å². The van der Waals surface area contributed by atoms with Crippen LogP contribution in [0.1, 0.15) is 39.7 Å². The molecule has 5 nitrogen and oxygen atoms in total. The highest BCUT2D eigenvalue weighted by Crippen LogP contribution is 2.30. The van der Waals surface area contributed by atoms with E-state index in [1.807, 2.05) is 55.8 Å². The quantitative estimate of drug-likeness (QED) is 0.284. The third-order valence-electron chi connectivity index (χ3n) is 4.93. The summed E-state index contributed by atoms with van der Waals surface area (Å²) < 4.78 is 25.7. The number of hydrogen-bond acceptors (Lipinski definition) is 5. The number of benzene rings is 1. The second kappa shape index (κ2) is 14.4. The molecule has 0 aliphatic rings. The van der Waals surface area contributed by atoms with Gasteiger partial charge < -0.3 is 14.8 Å². The van der Waals surface area contributed by atoms with E-state index in [2.05, 4.69) is 29.9 Å². The maximum absolute atomic E-state index is 12.8. The van der Waals surface area contributed by atoms with Crippen LogP contribution in [-0.4, -0.2) is 36.8 Å². The molecular formula is C27H36FN3O2S. The topological polar surface area (TPSA) is 48.3 Å². The molecule has 0 radical (unpaired) electrons. The first kappa shape index (κ1) is 27.3. The summed E-state index contributed by atoms with van der Waals surface area (Å²) in [5.41, 5.74) is 5.84. The number of methoxy groups -OCH3 is 1. The molecule has 3 rings (SSSR count). The Balaban J connectivity index is 0.00000199. The number of hydrogen-bond donors (Lipinski definition) is 1. The van der Waals surface area contributed by atoms with E-state index in [0.717, 1.165) is 51.8 Å². The van der Waals surface area contributed by atoms with Gasteiger partial charge in [0.2, 0.25) is 0 Å². The summed E-state index contributed by atoms with van der Waals surface area (Å²) in [4.78, 5) is 0. The molecule has 0 aliphatic carbocycles. The molecule has 0 saturated heterocycles. The first-order valence-corrected chi connectivity index (χ1v) is 12.6. The second-order valence-corrected chi connectivity index (χ2v) is 7.94. The first-order valence-electron chi connectivity index (χ1n) is 11.7. The number of rotatable bonds is 11. The highest BCUT2D eigenvalue weighted by molar-refractivity contribution is 7.08. The molecule has 7 heteroatoms. The number of thiophene rings is 1. The van der Waals surface area contributed by atoms with Crippen molar-refractivity contribution in [3.8, 4) is 22.7 Å². The minimum Gasteiger partial charge on any atom is -0.494 e. The minimum atomic E-state index is -0.517. The molecule has 0 bridgehead atoms. The maximum atomic E-state index is 12.8. The van der Waals surface area contributed by atoms with E-state index in [-0.39, 0.29) is 0 Å². The van der Waals surface area contributed by atoms with Gasteiger partial charge in [0.05, 0.1) is 24.6 Å². The fraction of sp³-hybridized carbons (Fsp3) is 0.370. The summed E-state index contributed by atoms with van der Waals surface area (Å²) in [5, 5.41) is 12.6. The molecule has 184 valence electrons. The molecular weight excluding hydrogens is 449 g/mol. The van der Waals surface area contributed by atoms with Gasteiger partial charge in [-0.15, -0.1) is 11.3 Å². The molecule has 0 unspecified atom stereocenters. The molecule has 2 aromatic heterocycles. The van der Waals surface area contributed by atoms with Gasteiger partial charge in [-0.05, 0) is 48.9 Å². The van der Waals surface area contributed by atoms with Gasteiger partial charge in [-0.25, -0.2) is 9.07 Å². The zero-order valence-electron chi connectivity index (χ0n) is 21.0. The van der Waals surface area contributed by atoms with Crippen molar-refractivity contribution in [1.82, 2.24) is 9.78 Å². The van der Waals surface area contributed by atoms with Crippen LogP contribution in [0.3, 0.4) is 0 Å². The number of alkyl halides is 1. The Bertz CT molecular complexity index is 1090. The lowest BCUT2D eigenvalue weighted by Gasteiger charge is -2.15. The molecule has 0 aliphatic heterocycles. The smallest absolute Gasteiger partial charge is 0.134 e. The Labute approximate surface area is 206 Å². The van der Waals surface area contributed by atoms with Crippen molar-refractivity contribution in [2.24, 2.45) is 0 Å². The SMILES string of the molecule is CC.CCOc1cccc(-c2cc(N/C(CC)=C(/C=C\CF)COC)n(-c3cscc3C)n2)c1. The Kier molecular flexibility index (Phi) is 11.6. The van der Waals surface area contributed by atoms with Crippen molar-refractivity contribution in [1.29, 1.82) is 0 Å². The van der Waals surface area contributed by atoms with E-state index in [9.17, 15) is 4.39 Å². The molecule has 1 N–H and O–H groups in total. The van der Waals surface area contributed by atoms with Gasteiger partial charge in [0.15, 0.2) is 0 Å². The van der Waals surface area contributed by atoms with E-state index in [1.165, 1.54) is 6.08 Å². The Morgan fingerprint density at radius 1 is 1.21 bits per heavy atom. The van der Waals surface area contributed by atoms with Crippen LogP contribution < -0.4 is 10.1 Å². The number of nitrogens with one attached hydrogen (secondary N) is 1. The fourth-order valence-corrected chi connectivity index (χ4v) is 4.21.